The van der Waals surface area contributed by atoms with E-state index in [-0.39, 0.29) is 24.1 Å². The van der Waals surface area contributed by atoms with Crippen LogP contribution >= 0.6 is 23.2 Å². The van der Waals surface area contributed by atoms with Crippen molar-refractivity contribution in [2.75, 3.05) is 6.54 Å². The van der Waals surface area contributed by atoms with Gasteiger partial charge in [0.1, 0.15) is 12.4 Å². The molecule has 5 rings (SSSR count). The Morgan fingerprint density at radius 2 is 1.87 bits per heavy atom. The summed E-state index contributed by atoms with van der Waals surface area (Å²) >= 11 is 12.8. The lowest BCUT2D eigenvalue weighted by molar-refractivity contribution is -0.122. The number of likely N-dealkylation sites (tertiary alicyclic amines) is 1. The maximum absolute atomic E-state index is 13.8. The molecule has 2 aromatic carbocycles. The van der Waals surface area contributed by atoms with Gasteiger partial charge in [-0.05, 0) is 87.7 Å². The monoisotopic (exact) mass is 563 g/mol. The average molecular weight is 565 g/mol. The third kappa shape index (κ3) is 6.16. The highest BCUT2D eigenvalue weighted by Gasteiger charge is 2.21. The lowest BCUT2D eigenvalue weighted by Gasteiger charge is -2.21. The van der Waals surface area contributed by atoms with Crippen molar-refractivity contribution in [2.24, 2.45) is 0 Å². The first kappa shape index (κ1) is 27.3. The summed E-state index contributed by atoms with van der Waals surface area (Å²) in [5, 5.41) is 4.31. The average Bonchev–Trinajstić information content (AvgIpc) is 3.28. The Bertz CT molecular complexity index is 1600. The normalized spacial score (nSPS) is 15.8. The zero-order valence-electron chi connectivity index (χ0n) is 22.2. The molecular formula is C30H31Cl2N5O2. The maximum atomic E-state index is 13.8. The summed E-state index contributed by atoms with van der Waals surface area (Å²) < 4.78 is 1.38. The van der Waals surface area contributed by atoms with E-state index in [1.807, 2.05) is 26.0 Å². The molecule has 0 unspecified atom stereocenters. The maximum Gasteiger partial charge on any atom is 0.263 e. The SMILES string of the molecule is CC(C)NC(=O)Cn1c(-c2cccc(Cl)c2)nc2ncc(-c3cc(Cl)cc(CN4CCC[C@H]4C)c3)cc2c1=O. The molecular weight excluding hydrogens is 533 g/mol. The van der Waals surface area contributed by atoms with Crippen LogP contribution in [0.5, 0.6) is 0 Å². The number of hydrogen-bond donors (Lipinski definition) is 1. The van der Waals surface area contributed by atoms with Gasteiger partial charge >= 0.3 is 0 Å². The van der Waals surface area contributed by atoms with Crippen molar-refractivity contribution in [3.05, 3.63) is 80.7 Å². The molecule has 1 saturated heterocycles. The minimum atomic E-state index is -0.351. The Hall–Kier alpha value is -3.26. The first-order chi connectivity index (χ1) is 18.7. The Balaban J connectivity index is 1.59. The highest BCUT2D eigenvalue weighted by atomic mass is 35.5. The summed E-state index contributed by atoms with van der Waals surface area (Å²) in [6.07, 6.45) is 4.11. The largest absolute Gasteiger partial charge is 0.352 e. The van der Waals surface area contributed by atoms with Gasteiger partial charge in [0.2, 0.25) is 5.91 Å². The molecule has 0 bridgehead atoms. The van der Waals surface area contributed by atoms with Crippen molar-refractivity contribution in [1.29, 1.82) is 0 Å². The van der Waals surface area contributed by atoms with Gasteiger partial charge in [0, 0.05) is 46.0 Å². The molecule has 7 nitrogen and oxygen atoms in total. The lowest BCUT2D eigenvalue weighted by Crippen LogP contribution is -2.37. The van der Waals surface area contributed by atoms with Crippen LogP contribution in [0.3, 0.4) is 0 Å². The molecule has 39 heavy (non-hydrogen) atoms. The second-order valence-electron chi connectivity index (χ2n) is 10.5. The standard InChI is InChI=1S/C30H31Cl2N5O2/c1-18(2)34-27(38)17-37-29(21-7-4-8-24(31)12-21)35-28-26(30(37)39)14-23(15-33-28)22-10-20(11-25(32)13-22)16-36-9-5-6-19(36)3/h4,7-8,10-15,18-19H,5-6,9,16-17H2,1-3H3,(H,34,38)/t19-/m1/s1. The number of benzene rings is 2. The van der Waals surface area contributed by atoms with E-state index in [1.165, 1.54) is 17.4 Å². The number of aromatic nitrogens is 3. The van der Waals surface area contributed by atoms with Gasteiger partial charge < -0.3 is 5.32 Å². The van der Waals surface area contributed by atoms with Gasteiger partial charge in [0.05, 0.1) is 5.39 Å². The van der Waals surface area contributed by atoms with Gasteiger partial charge in [0.15, 0.2) is 5.65 Å². The highest BCUT2D eigenvalue weighted by Crippen LogP contribution is 2.29. The summed E-state index contributed by atoms with van der Waals surface area (Å²) in [4.78, 5) is 38.3. The first-order valence-electron chi connectivity index (χ1n) is 13.2. The number of halogens is 2. The molecule has 3 heterocycles. The predicted molar refractivity (Wildman–Crippen MR) is 157 cm³/mol. The second kappa shape index (κ2) is 11.5. The van der Waals surface area contributed by atoms with Gasteiger partial charge in [-0.25, -0.2) is 9.97 Å². The topological polar surface area (TPSA) is 80.1 Å². The van der Waals surface area contributed by atoms with E-state index in [1.54, 1.807) is 36.5 Å². The van der Waals surface area contributed by atoms with Crippen molar-refractivity contribution in [3.8, 4) is 22.5 Å². The Morgan fingerprint density at radius 3 is 2.59 bits per heavy atom. The number of carbonyl (C=O) groups excluding carboxylic acids is 1. The molecule has 2 aromatic heterocycles. The van der Waals surface area contributed by atoms with Gasteiger partial charge in [0.25, 0.3) is 5.56 Å². The van der Waals surface area contributed by atoms with Crippen molar-refractivity contribution in [3.63, 3.8) is 0 Å². The first-order valence-corrected chi connectivity index (χ1v) is 13.9. The molecule has 1 amide bonds. The van der Waals surface area contributed by atoms with Crippen LogP contribution in [0.25, 0.3) is 33.5 Å². The molecule has 1 fully saturated rings. The van der Waals surface area contributed by atoms with Crippen LogP contribution < -0.4 is 10.9 Å². The minimum Gasteiger partial charge on any atom is -0.352 e. The zero-order valence-corrected chi connectivity index (χ0v) is 23.8. The second-order valence-corrected chi connectivity index (χ2v) is 11.3. The third-order valence-electron chi connectivity index (χ3n) is 7.01. The summed E-state index contributed by atoms with van der Waals surface area (Å²) in [5.74, 6) is 0.0511. The number of fused-ring (bicyclic) bond motifs is 1. The van der Waals surface area contributed by atoms with Gasteiger partial charge in [-0.1, -0.05) is 35.3 Å². The number of carbonyl (C=O) groups is 1. The molecule has 0 radical (unpaired) electrons. The quantitative estimate of drug-likeness (QED) is 0.301. The molecule has 1 N–H and O–H groups in total. The van der Waals surface area contributed by atoms with E-state index in [4.69, 9.17) is 28.2 Å². The summed E-state index contributed by atoms with van der Waals surface area (Å²) in [6, 6.07) is 15.3. The van der Waals surface area contributed by atoms with Crippen LogP contribution in [0.4, 0.5) is 0 Å². The van der Waals surface area contributed by atoms with Crippen LogP contribution in [-0.4, -0.2) is 44.0 Å². The number of pyridine rings is 1. The van der Waals surface area contributed by atoms with Crippen molar-refractivity contribution in [2.45, 2.75) is 58.8 Å². The fourth-order valence-electron chi connectivity index (χ4n) is 5.14. The van der Waals surface area contributed by atoms with E-state index in [0.717, 1.165) is 29.8 Å². The van der Waals surface area contributed by atoms with Crippen LogP contribution in [0.1, 0.15) is 39.2 Å². The molecule has 4 aromatic rings. The van der Waals surface area contributed by atoms with Crippen LogP contribution in [0.15, 0.2) is 59.5 Å². The van der Waals surface area contributed by atoms with Crippen LogP contribution in [0.2, 0.25) is 10.0 Å². The van der Waals surface area contributed by atoms with E-state index in [0.29, 0.717) is 38.5 Å². The fraction of sp³-hybridized carbons (Fsp3) is 0.333. The van der Waals surface area contributed by atoms with E-state index < -0.39 is 0 Å². The number of amides is 1. The third-order valence-corrected chi connectivity index (χ3v) is 7.46. The zero-order chi connectivity index (χ0) is 27.7. The number of hydrogen-bond acceptors (Lipinski definition) is 5. The molecule has 1 atom stereocenters. The van der Waals surface area contributed by atoms with E-state index >= 15 is 0 Å². The smallest absolute Gasteiger partial charge is 0.263 e. The molecule has 0 spiro atoms. The van der Waals surface area contributed by atoms with E-state index in [9.17, 15) is 9.59 Å². The van der Waals surface area contributed by atoms with Crippen LogP contribution in [0, 0.1) is 0 Å². The number of nitrogens with zero attached hydrogens (tertiary/aromatic N) is 4. The lowest BCUT2D eigenvalue weighted by atomic mass is 10.0. The highest BCUT2D eigenvalue weighted by molar-refractivity contribution is 6.31. The van der Waals surface area contributed by atoms with Gasteiger partial charge in [-0.3, -0.25) is 19.1 Å². The van der Waals surface area contributed by atoms with Gasteiger partial charge in [-0.15, -0.1) is 0 Å². The Kier molecular flexibility index (Phi) is 8.03. The summed E-state index contributed by atoms with van der Waals surface area (Å²) in [5.41, 5.74) is 3.32. The summed E-state index contributed by atoms with van der Waals surface area (Å²) in [6.45, 7) is 7.71. The van der Waals surface area contributed by atoms with E-state index in [2.05, 4.69) is 28.2 Å². The fourth-order valence-corrected chi connectivity index (χ4v) is 5.59. The molecule has 1 aliphatic rings. The van der Waals surface area contributed by atoms with Crippen molar-refractivity contribution >= 4 is 40.1 Å². The molecule has 9 heteroatoms. The van der Waals surface area contributed by atoms with Gasteiger partial charge in [-0.2, -0.15) is 0 Å². The van der Waals surface area contributed by atoms with Crippen molar-refractivity contribution in [1.82, 2.24) is 24.8 Å². The predicted octanol–water partition coefficient (Wildman–Crippen LogP) is 5.94. The molecule has 0 aliphatic carbocycles. The summed E-state index contributed by atoms with van der Waals surface area (Å²) in [7, 11) is 0. The van der Waals surface area contributed by atoms with Crippen molar-refractivity contribution < 1.29 is 4.79 Å². The minimum absolute atomic E-state index is 0.0647. The Morgan fingerprint density at radius 1 is 1.08 bits per heavy atom. The van der Waals surface area contributed by atoms with Crippen LogP contribution in [-0.2, 0) is 17.9 Å². The number of rotatable bonds is 7. The number of nitrogens with one attached hydrogen (secondary N) is 1. The Labute approximate surface area is 237 Å². The molecule has 0 saturated carbocycles. The molecule has 1 aliphatic heterocycles. The molecule has 202 valence electrons.